The van der Waals surface area contributed by atoms with Crippen molar-refractivity contribution in [2.24, 2.45) is 0 Å². The molecule has 7 nitrogen and oxygen atoms in total. The first-order chi connectivity index (χ1) is 10.1. The van der Waals surface area contributed by atoms with Crippen LogP contribution in [0.25, 0.3) is 0 Å². The lowest BCUT2D eigenvalue weighted by molar-refractivity contribution is -0.119. The molecule has 3 amide bonds. The molecule has 21 heavy (non-hydrogen) atoms. The molecule has 1 aromatic rings. The van der Waals surface area contributed by atoms with Gasteiger partial charge in [0.2, 0.25) is 5.91 Å². The fourth-order valence-electron chi connectivity index (χ4n) is 2.55. The van der Waals surface area contributed by atoms with Gasteiger partial charge in [-0.15, -0.1) is 0 Å². The van der Waals surface area contributed by atoms with E-state index in [0.717, 1.165) is 32.4 Å². The zero-order chi connectivity index (χ0) is 15.1. The van der Waals surface area contributed by atoms with Gasteiger partial charge < -0.3 is 20.1 Å². The van der Waals surface area contributed by atoms with Crippen molar-refractivity contribution in [1.29, 1.82) is 0 Å². The fourth-order valence-corrected chi connectivity index (χ4v) is 2.55. The third kappa shape index (κ3) is 5.09. The molecule has 0 spiro atoms. The van der Waals surface area contributed by atoms with Gasteiger partial charge in [0.1, 0.15) is 0 Å². The number of carbonyl (C=O) groups excluding carboxylic acids is 2. The van der Waals surface area contributed by atoms with E-state index in [1.54, 1.807) is 17.4 Å². The smallest absolute Gasteiger partial charge is 0.317 e. The second-order valence-electron chi connectivity index (χ2n) is 5.37. The van der Waals surface area contributed by atoms with E-state index in [1.807, 2.05) is 10.8 Å². The summed E-state index contributed by atoms with van der Waals surface area (Å²) < 4.78 is 1.99. The second-order valence-corrected chi connectivity index (χ2v) is 5.37. The first-order valence-corrected chi connectivity index (χ1v) is 7.41. The van der Waals surface area contributed by atoms with E-state index in [1.165, 1.54) is 6.92 Å². The van der Waals surface area contributed by atoms with Crippen LogP contribution >= 0.6 is 0 Å². The first kappa shape index (κ1) is 15.3. The molecule has 2 heterocycles. The summed E-state index contributed by atoms with van der Waals surface area (Å²) in [6.07, 6.45) is 8.14. The van der Waals surface area contributed by atoms with Crippen LogP contribution in [-0.2, 0) is 11.3 Å². The van der Waals surface area contributed by atoms with Gasteiger partial charge in [0.15, 0.2) is 0 Å². The Balaban J connectivity index is 1.66. The van der Waals surface area contributed by atoms with Gasteiger partial charge in [-0.25, -0.2) is 9.78 Å². The number of urea groups is 1. The predicted molar refractivity (Wildman–Crippen MR) is 78.7 cm³/mol. The number of imidazole rings is 1. The van der Waals surface area contributed by atoms with E-state index >= 15 is 0 Å². The van der Waals surface area contributed by atoms with Gasteiger partial charge in [-0.05, 0) is 19.3 Å². The highest BCUT2D eigenvalue weighted by Crippen LogP contribution is 2.10. The van der Waals surface area contributed by atoms with Crippen molar-refractivity contribution >= 4 is 11.9 Å². The number of aromatic nitrogens is 2. The van der Waals surface area contributed by atoms with Crippen LogP contribution in [0.1, 0.15) is 26.2 Å². The molecular formula is C14H23N5O2. The summed E-state index contributed by atoms with van der Waals surface area (Å²) >= 11 is 0. The maximum absolute atomic E-state index is 12.1. The Morgan fingerprint density at radius 1 is 1.43 bits per heavy atom. The lowest BCUT2D eigenvalue weighted by atomic mass is 10.1. The quantitative estimate of drug-likeness (QED) is 0.780. The average molecular weight is 293 g/mol. The molecule has 0 aliphatic carbocycles. The van der Waals surface area contributed by atoms with E-state index in [9.17, 15) is 9.59 Å². The number of rotatable bonds is 5. The lowest BCUT2D eigenvalue weighted by Gasteiger charge is -2.33. The minimum atomic E-state index is -0.0457. The average Bonchev–Trinajstić information content (AvgIpc) is 2.96. The zero-order valence-corrected chi connectivity index (χ0v) is 12.4. The normalized spacial score (nSPS) is 18.3. The summed E-state index contributed by atoms with van der Waals surface area (Å²) in [6, 6.07) is 0.0311. The van der Waals surface area contributed by atoms with Crippen molar-refractivity contribution in [3.8, 4) is 0 Å². The highest BCUT2D eigenvalue weighted by Gasteiger charge is 2.23. The van der Waals surface area contributed by atoms with Crippen LogP contribution in [0.5, 0.6) is 0 Å². The molecule has 1 fully saturated rings. The topological polar surface area (TPSA) is 79.3 Å². The Bertz CT molecular complexity index is 460. The Hall–Kier alpha value is -2.05. The van der Waals surface area contributed by atoms with Crippen molar-refractivity contribution in [3.05, 3.63) is 18.7 Å². The molecular weight excluding hydrogens is 270 g/mol. The fraction of sp³-hybridized carbons (Fsp3) is 0.643. The number of piperidine rings is 1. The standard InChI is InChI=1S/C14H23N5O2/c1-12(20)17-13-4-2-8-19(10-13)14(21)16-5-3-7-18-9-6-15-11-18/h6,9,11,13H,2-5,7-8,10H2,1H3,(H,16,21)(H,17,20)/t13-/m0/s1. The van der Waals surface area contributed by atoms with Crippen LogP contribution in [0.3, 0.4) is 0 Å². The van der Waals surface area contributed by atoms with Gasteiger partial charge in [0.25, 0.3) is 0 Å². The Kier molecular flexibility index (Phi) is 5.59. The molecule has 116 valence electrons. The van der Waals surface area contributed by atoms with Gasteiger partial charge in [0, 0.05) is 51.5 Å². The van der Waals surface area contributed by atoms with Crippen LogP contribution in [0.2, 0.25) is 0 Å². The molecule has 0 bridgehead atoms. The predicted octanol–water partition coefficient (Wildman–Crippen LogP) is 0.583. The number of hydrogen-bond donors (Lipinski definition) is 2. The molecule has 0 aromatic carbocycles. The van der Waals surface area contributed by atoms with Crippen molar-refractivity contribution in [1.82, 2.24) is 25.1 Å². The Morgan fingerprint density at radius 3 is 3.00 bits per heavy atom. The number of aryl methyl sites for hydroxylation is 1. The third-order valence-corrected chi connectivity index (χ3v) is 3.54. The van der Waals surface area contributed by atoms with Gasteiger partial charge in [-0.1, -0.05) is 0 Å². The molecule has 0 unspecified atom stereocenters. The summed E-state index contributed by atoms with van der Waals surface area (Å²) in [6.45, 7) is 4.33. The third-order valence-electron chi connectivity index (χ3n) is 3.54. The van der Waals surface area contributed by atoms with Gasteiger partial charge in [0.05, 0.1) is 6.33 Å². The summed E-state index contributed by atoms with van der Waals surface area (Å²) in [4.78, 5) is 28.9. The number of nitrogens with one attached hydrogen (secondary N) is 2. The second kappa shape index (κ2) is 7.66. The molecule has 0 radical (unpaired) electrons. The summed E-state index contributed by atoms with van der Waals surface area (Å²) in [5.41, 5.74) is 0. The molecule has 2 N–H and O–H groups in total. The first-order valence-electron chi connectivity index (χ1n) is 7.41. The van der Waals surface area contributed by atoms with Crippen molar-refractivity contribution in [2.45, 2.75) is 38.8 Å². The largest absolute Gasteiger partial charge is 0.352 e. The maximum Gasteiger partial charge on any atom is 0.317 e. The van der Waals surface area contributed by atoms with Crippen LogP contribution in [-0.4, -0.2) is 52.1 Å². The molecule has 1 aliphatic rings. The van der Waals surface area contributed by atoms with Gasteiger partial charge >= 0.3 is 6.03 Å². The molecule has 0 saturated carbocycles. The van der Waals surface area contributed by atoms with Crippen LogP contribution < -0.4 is 10.6 Å². The van der Waals surface area contributed by atoms with Crippen molar-refractivity contribution < 1.29 is 9.59 Å². The monoisotopic (exact) mass is 293 g/mol. The van der Waals surface area contributed by atoms with E-state index in [2.05, 4.69) is 15.6 Å². The van der Waals surface area contributed by atoms with E-state index < -0.39 is 0 Å². The highest BCUT2D eigenvalue weighted by molar-refractivity contribution is 5.75. The van der Waals surface area contributed by atoms with Gasteiger partial charge in [-0.3, -0.25) is 4.79 Å². The number of hydrogen-bond acceptors (Lipinski definition) is 3. The summed E-state index contributed by atoms with van der Waals surface area (Å²) in [5.74, 6) is -0.0393. The minimum Gasteiger partial charge on any atom is -0.352 e. The molecule has 7 heteroatoms. The number of likely N-dealkylation sites (tertiary alicyclic amines) is 1. The van der Waals surface area contributed by atoms with Crippen LogP contribution in [0.4, 0.5) is 4.79 Å². The van der Waals surface area contributed by atoms with Gasteiger partial charge in [-0.2, -0.15) is 0 Å². The van der Waals surface area contributed by atoms with Crippen molar-refractivity contribution in [2.75, 3.05) is 19.6 Å². The minimum absolute atomic E-state index is 0.0393. The maximum atomic E-state index is 12.1. The van der Waals surface area contributed by atoms with E-state index in [0.29, 0.717) is 13.1 Å². The lowest BCUT2D eigenvalue weighted by Crippen LogP contribution is -2.52. The van der Waals surface area contributed by atoms with Crippen LogP contribution in [0, 0.1) is 0 Å². The Labute approximate surface area is 124 Å². The molecule has 1 atom stereocenters. The summed E-state index contributed by atoms with van der Waals surface area (Å²) in [5, 5.41) is 5.81. The van der Waals surface area contributed by atoms with E-state index in [-0.39, 0.29) is 18.0 Å². The molecule has 1 aliphatic heterocycles. The number of carbonyl (C=O) groups is 2. The van der Waals surface area contributed by atoms with Crippen LogP contribution in [0.15, 0.2) is 18.7 Å². The number of amides is 3. The Morgan fingerprint density at radius 2 is 2.29 bits per heavy atom. The highest BCUT2D eigenvalue weighted by atomic mass is 16.2. The summed E-state index contributed by atoms with van der Waals surface area (Å²) in [7, 11) is 0. The SMILES string of the molecule is CC(=O)N[C@H]1CCCN(C(=O)NCCCn2ccnc2)C1. The van der Waals surface area contributed by atoms with Crippen molar-refractivity contribution in [3.63, 3.8) is 0 Å². The number of nitrogens with zero attached hydrogens (tertiary/aromatic N) is 3. The zero-order valence-electron chi connectivity index (χ0n) is 12.4. The van der Waals surface area contributed by atoms with E-state index in [4.69, 9.17) is 0 Å². The molecule has 1 saturated heterocycles. The molecule has 1 aromatic heterocycles. The molecule has 2 rings (SSSR count).